The van der Waals surface area contributed by atoms with E-state index in [4.69, 9.17) is 0 Å². The highest BCUT2D eigenvalue weighted by Gasteiger charge is 2.55. The molecule has 5 rings (SSSR count). The first-order valence-electron chi connectivity index (χ1n) is 12.5. The summed E-state index contributed by atoms with van der Waals surface area (Å²) in [5.74, 6) is -0.404. The van der Waals surface area contributed by atoms with E-state index in [0.717, 1.165) is 23.4 Å². The normalized spacial score (nSPS) is 23.1. The molecule has 2 aromatic heterocycles. The Bertz CT molecular complexity index is 1290. The highest BCUT2D eigenvalue weighted by molar-refractivity contribution is 5.82. The SMILES string of the molecule is CCCN1[C@@H]2c3ccc(C=Cc4ccccc4)c(=O)n3C[C@@H]2[C@@H](CO)[C@@H]1C(=O)NCc1ccncn1. The summed E-state index contributed by atoms with van der Waals surface area (Å²) in [6, 6.07) is 15.0. The Morgan fingerprint density at radius 3 is 2.72 bits per heavy atom. The van der Waals surface area contributed by atoms with Crippen LogP contribution >= 0.6 is 0 Å². The number of pyridine rings is 1. The Hall–Kier alpha value is -3.62. The first-order chi connectivity index (χ1) is 17.6. The molecule has 0 radical (unpaired) electrons. The second kappa shape index (κ2) is 10.6. The summed E-state index contributed by atoms with van der Waals surface area (Å²) in [5.41, 5.74) is 3.27. The second-order valence-corrected chi connectivity index (χ2v) is 9.43. The van der Waals surface area contributed by atoms with Crippen LogP contribution in [-0.2, 0) is 17.9 Å². The number of amides is 1. The van der Waals surface area contributed by atoms with Gasteiger partial charge < -0.3 is 15.0 Å². The predicted octanol–water partition coefficient (Wildman–Crippen LogP) is 2.50. The second-order valence-electron chi connectivity index (χ2n) is 9.43. The van der Waals surface area contributed by atoms with E-state index >= 15 is 0 Å². The van der Waals surface area contributed by atoms with Crippen LogP contribution in [0.5, 0.6) is 0 Å². The fourth-order valence-corrected chi connectivity index (χ4v) is 5.72. The summed E-state index contributed by atoms with van der Waals surface area (Å²) in [6.07, 6.45) is 7.76. The molecule has 0 spiro atoms. The standard InChI is InChI=1S/C28H31N5O3/c1-2-14-32-25-22(23(17-34)26(32)27(35)30-15-21-12-13-29-18-31-21)16-33-24(25)11-10-20(28(33)36)9-8-19-6-4-3-5-7-19/h3-13,18,22-23,25-26,34H,2,14-17H2,1H3,(H,30,35)/t22-,23-,25+,26-/m1/s1. The van der Waals surface area contributed by atoms with Crippen LogP contribution in [0.25, 0.3) is 12.2 Å². The average molecular weight is 486 g/mol. The van der Waals surface area contributed by atoms with Gasteiger partial charge in [0.05, 0.1) is 24.3 Å². The van der Waals surface area contributed by atoms with Gasteiger partial charge in [-0.3, -0.25) is 14.5 Å². The zero-order valence-electron chi connectivity index (χ0n) is 20.3. The summed E-state index contributed by atoms with van der Waals surface area (Å²) in [5, 5.41) is 13.4. The smallest absolute Gasteiger partial charge is 0.258 e. The number of aromatic nitrogens is 3. The van der Waals surface area contributed by atoms with E-state index in [0.29, 0.717) is 25.2 Å². The molecule has 1 fully saturated rings. The van der Waals surface area contributed by atoms with E-state index in [-0.39, 0.29) is 36.0 Å². The first kappa shape index (κ1) is 24.1. The molecule has 4 heterocycles. The predicted molar refractivity (Wildman–Crippen MR) is 138 cm³/mol. The fourth-order valence-electron chi connectivity index (χ4n) is 5.72. The number of aliphatic hydroxyl groups excluding tert-OH is 1. The number of fused-ring (bicyclic) bond motifs is 3. The van der Waals surface area contributed by atoms with Gasteiger partial charge in [0.25, 0.3) is 5.56 Å². The van der Waals surface area contributed by atoms with Crippen molar-refractivity contribution in [1.82, 2.24) is 24.8 Å². The van der Waals surface area contributed by atoms with E-state index in [1.165, 1.54) is 6.33 Å². The molecule has 0 unspecified atom stereocenters. The maximum Gasteiger partial charge on any atom is 0.258 e. The summed E-state index contributed by atoms with van der Waals surface area (Å²) in [6.45, 7) is 3.46. The number of benzene rings is 1. The third kappa shape index (κ3) is 4.50. The molecule has 8 heteroatoms. The third-order valence-electron chi connectivity index (χ3n) is 7.31. The first-order valence-corrected chi connectivity index (χ1v) is 12.5. The van der Waals surface area contributed by atoms with Gasteiger partial charge in [0, 0.05) is 42.4 Å². The molecule has 36 heavy (non-hydrogen) atoms. The van der Waals surface area contributed by atoms with Crippen molar-refractivity contribution in [3.05, 3.63) is 93.9 Å². The van der Waals surface area contributed by atoms with Crippen LogP contribution in [0.3, 0.4) is 0 Å². The van der Waals surface area contributed by atoms with Crippen molar-refractivity contribution in [3.63, 3.8) is 0 Å². The molecule has 2 aliphatic heterocycles. The van der Waals surface area contributed by atoms with Crippen molar-refractivity contribution in [2.75, 3.05) is 13.2 Å². The molecule has 1 aromatic carbocycles. The number of hydrogen-bond acceptors (Lipinski definition) is 6. The minimum atomic E-state index is -0.465. The Labute approximate surface area is 210 Å². The Morgan fingerprint density at radius 1 is 1.17 bits per heavy atom. The summed E-state index contributed by atoms with van der Waals surface area (Å²) >= 11 is 0. The minimum Gasteiger partial charge on any atom is -0.396 e. The van der Waals surface area contributed by atoms with Gasteiger partial charge in [-0.1, -0.05) is 43.3 Å². The molecule has 0 aliphatic carbocycles. The number of nitrogens with zero attached hydrogens (tertiary/aromatic N) is 4. The van der Waals surface area contributed by atoms with Gasteiger partial charge in [-0.05, 0) is 42.8 Å². The lowest BCUT2D eigenvalue weighted by atomic mass is 9.88. The van der Waals surface area contributed by atoms with Crippen LogP contribution in [0.4, 0.5) is 0 Å². The monoisotopic (exact) mass is 485 g/mol. The molecule has 0 saturated carbocycles. The van der Waals surface area contributed by atoms with Crippen molar-refractivity contribution in [1.29, 1.82) is 0 Å². The van der Waals surface area contributed by atoms with Gasteiger partial charge in [-0.2, -0.15) is 0 Å². The van der Waals surface area contributed by atoms with E-state index < -0.39 is 6.04 Å². The summed E-state index contributed by atoms with van der Waals surface area (Å²) in [7, 11) is 0. The molecular formula is C28H31N5O3. The van der Waals surface area contributed by atoms with E-state index in [9.17, 15) is 14.7 Å². The van der Waals surface area contributed by atoms with Crippen LogP contribution in [0.1, 0.15) is 41.9 Å². The number of carbonyl (C=O) groups excluding carboxylic acids is 1. The molecule has 4 atom stereocenters. The lowest BCUT2D eigenvalue weighted by molar-refractivity contribution is -0.128. The van der Waals surface area contributed by atoms with Crippen LogP contribution in [0.15, 0.2) is 65.8 Å². The molecule has 186 valence electrons. The van der Waals surface area contributed by atoms with Gasteiger partial charge in [-0.25, -0.2) is 9.97 Å². The Balaban J connectivity index is 1.42. The average Bonchev–Trinajstić information content (AvgIpc) is 3.44. The number of rotatable bonds is 8. The van der Waals surface area contributed by atoms with Crippen LogP contribution in [0.2, 0.25) is 0 Å². The third-order valence-corrected chi connectivity index (χ3v) is 7.31. The topological polar surface area (TPSA) is 100 Å². The molecule has 1 saturated heterocycles. The van der Waals surface area contributed by atoms with Crippen molar-refractivity contribution >= 4 is 18.1 Å². The number of nitrogens with one attached hydrogen (secondary N) is 1. The lowest BCUT2D eigenvalue weighted by Gasteiger charge is -2.30. The Kier molecular flexibility index (Phi) is 7.06. The summed E-state index contributed by atoms with van der Waals surface area (Å²) in [4.78, 5) is 37.0. The van der Waals surface area contributed by atoms with Gasteiger partial charge >= 0.3 is 0 Å². The molecule has 3 aromatic rings. The molecular weight excluding hydrogens is 454 g/mol. The van der Waals surface area contributed by atoms with Gasteiger partial charge in [0.15, 0.2) is 0 Å². The van der Waals surface area contributed by atoms with Crippen LogP contribution in [0, 0.1) is 11.8 Å². The molecule has 1 amide bonds. The maximum absolute atomic E-state index is 13.4. The van der Waals surface area contributed by atoms with E-state index in [1.807, 2.05) is 59.2 Å². The summed E-state index contributed by atoms with van der Waals surface area (Å²) < 4.78 is 1.83. The minimum absolute atomic E-state index is 0.0163. The number of aliphatic hydroxyl groups is 1. The van der Waals surface area contributed by atoms with E-state index in [1.54, 1.807) is 12.3 Å². The van der Waals surface area contributed by atoms with Gasteiger partial charge in [-0.15, -0.1) is 0 Å². The van der Waals surface area contributed by atoms with Gasteiger partial charge in [0.1, 0.15) is 6.33 Å². The molecule has 2 N–H and O–H groups in total. The largest absolute Gasteiger partial charge is 0.396 e. The molecule has 8 nitrogen and oxygen atoms in total. The van der Waals surface area contributed by atoms with E-state index in [2.05, 4.69) is 27.1 Å². The fraction of sp³-hybridized carbons (Fsp3) is 0.357. The zero-order chi connectivity index (χ0) is 25.1. The number of carbonyl (C=O) groups is 1. The van der Waals surface area contributed by atoms with Crippen molar-refractivity contribution in [2.24, 2.45) is 11.8 Å². The van der Waals surface area contributed by atoms with Crippen LogP contribution in [-0.4, -0.2) is 49.6 Å². The van der Waals surface area contributed by atoms with Gasteiger partial charge in [0.2, 0.25) is 5.91 Å². The van der Waals surface area contributed by atoms with Crippen molar-refractivity contribution < 1.29 is 9.90 Å². The number of hydrogen-bond donors (Lipinski definition) is 2. The number of likely N-dealkylation sites (tertiary alicyclic amines) is 1. The van der Waals surface area contributed by atoms with Crippen LogP contribution < -0.4 is 10.9 Å². The van der Waals surface area contributed by atoms with Crippen molar-refractivity contribution in [2.45, 2.75) is 38.5 Å². The van der Waals surface area contributed by atoms with Crippen molar-refractivity contribution in [3.8, 4) is 0 Å². The zero-order valence-corrected chi connectivity index (χ0v) is 20.3. The molecule has 2 aliphatic rings. The lowest BCUT2D eigenvalue weighted by Crippen LogP contribution is -2.48. The highest BCUT2D eigenvalue weighted by atomic mass is 16.3. The Morgan fingerprint density at radius 2 is 2.00 bits per heavy atom. The highest BCUT2D eigenvalue weighted by Crippen LogP contribution is 2.49. The quantitative estimate of drug-likeness (QED) is 0.509. The molecule has 0 bridgehead atoms. The maximum atomic E-state index is 13.4.